The lowest BCUT2D eigenvalue weighted by Crippen LogP contribution is -2.29. The van der Waals surface area contributed by atoms with E-state index in [0.717, 1.165) is 11.3 Å². The lowest BCUT2D eigenvalue weighted by atomic mass is 9.95. The highest BCUT2D eigenvalue weighted by Crippen LogP contribution is 2.46. The summed E-state index contributed by atoms with van der Waals surface area (Å²) >= 11 is 0.905. The maximum atomic E-state index is 13.6. The molecule has 1 saturated heterocycles. The van der Waals surface area contributed by atoms with Crippen molar-refractivity contribution in [3.05, 3.63) is 76.3 Å². The van der Waals surface area contributed by atoms with Crippen molar-refractivity contribution in [2.24, 2.45) is 0 Å². The summed E-state index contributed by atoms with van der Waals surface area (Å²) in [6.45, 7) is 8.08. The Morgan fingerprint density at radius 1 is 1.17 bits per heavy atom. The molecule has 2 aliphatic heterocycles. The van der Waals surface area contributed by atoms with Crippen LogP contribution in [-0.4, -0.2) is 61.3 Å². The number of aryl methyl sites for hydroxylation is 1. The van der Waals surface area contributed by atoms with Crippen LogP contribution in [0.5, 0.6) is 23.0 Å². The zero-order valence-electron chi connectivity index (χ0n) is 23.2. The molecule has 3 aromatic rings. The molecule has 0 saturated carbocycles. The summed E-state index contributed by atoms with van der Waals surface area (Å²) in [7, 11) is 1.47. The van der Waals surface area contributed by atoms with Gasteiger partial charge in [0.2, 0.25) is 0 Å². The van der Waals surface area contributed by atoms with Crippen molar-refractivity contribution in [1.29, 1.82) is 0 Å². The van der Waals surface area contributed by atoms with Crippen LogP contribution < -0.4 is 23.8 Å². The number of carbonyl (C=O) groups is 3. The van der Waals surface area contributed by atoms with Crippen LogP contribution in [-0.2, 0) is 14.3 Å². The summed E-state index contributed by atoms with van der Waals surface area (Å²) in [5.74, 6) is -1.17. The number of anilines is 1. The molecule has 3 heterocycles. The number of benzene rings is 2. The molecule has 12 heteroatoms. The molecule has 0 radical (unpaired) electrons. The van der Waals surface area contributed by atoms with Crippen molar-refractivity contribution in [2.75, 3.05) is 38.4 Å². The Labute approximate surface area is 245 Å². The van der Waals surface area contributed by atoms with Gasteiger partial charge in [-0.15, -0.1) is 0 Å². The smallest absolute Gasteiger partial charge is 0.350 e. The second-order valence-electron chi connectivity index (χ2n) is 9.17. The third-order valence-electron chi connectivity index (χ3n) is 6.57. The number of rotatable bonds is 9. The van der Waals surface area contributed by atoms with Crippen molar-refractivity contribution in [1.82, 2.24) is 4.98 Å². The van der Waals surface area contributed by atoms with Gasteiger partial charge >= 0.3 is 11.9 Å². The van der Waals surface area contributed by atoms with Crippen molar-refractivity contribution in [2.45, 2.75) is 19.9 Å². The lowest BCUT2D eigenvalue weighted by Gasteiger charge is -2.24. The van der Waals surface area contributed by atoms with Gasteiger partial charge in [0.1, 0.15) is 30.5 Å². The summed E-state index contributed by atoms with van der Waals surface area (Å²) in [5, 5.41) is 11.6. The van der Waals surface area contributed by atoms with E-state index in [4.69, 9.17) is 23.7 Å². The van der Waals surface area contributed by atoms with Crippen LogP contribution in [0, 0.1) is 6.92 Å². The SMILES string of the molecule is C=CCOC(=O)c1sc(N2C(=O)C(=O)C(=C(O)c3ccc4c(c3)OCCO4)C2c2ccc(OCC)c(OC)c2)nc1C. The van der Waals surface area contributed by atoms with Crippen molar-refractivity contribution >= 4 is 39.9 Å². The first-order chi connectivity index (χ1) is 20.3. The molecule has 1 atom stereocenters. The Kier molecular flexibility index (Phi) is 8.16. The predicted molar refractivity (Wildman–Crippen MR) is 154 cm³/mol. The van der Waals surface area contributed by atoms with Gasteiger partial charge in [-0.3, -0.25) is 14.5 Å². The number of amides is 1. The number of carbonyl (C=O) groups excluding carboxylic acids is 3. The number of hydrogen-bond donors (Lipinski definition) is 1. The molecule has 218 valence electrons. The van der Waals surface area contributed by atoms with E-state index in [-0.39, 0.29) is 27.8 Å². The first-order valence-corrected chi connectivity index (χ1v) is 13.9. The topological polar surface area (TPSA) is 134 Å². The summed E-state index contributed by atoms with van der Waals surface area (Å²) in [4.78, 5) is 45.7. The van der Waals surface area contributed by atoms with Crippen LogP contribution >= 0.6 is 11.3 Å². The standard InChI is InChI=1S/C30H28N2O9S/c1-5-11-41-29(36)27-16(3)31-30(42-27)32-24(17-7-9-19(38-6-2)21(14-17)37-4)23(26(34)28(32)35)25(33)18-8-10-20-22(15-18)40-13-12-39-20/h5,7-10,14-15,24,33H,1,6,11-13H2,2-4H3. The van der Waals surface area contributed by atoms with Gasteiger partial charge in [-0.25, -0.2) is 9.78 Å². The minimum atomic E-state index is -1.12. The number of esters is 1. The average Bonchev–Trinajstić information content (AvgIpc) is 3.51. The summed E-state index contributed by atoms with van der Waals surface area (Å²) in [6.07, 6.45) is 1.44. The fraction of sp³-hybridized carbons (Fsp3) is 0.267. The molecule has 11 nitrogen and oxygen atoms in total. The molecular weight excluding hydrogens is 564 g/mol. The third-order valence-corrected chi connectivity index (χ3v) is 7.71. The van der Waals surface area contributed by atoms with Gasteiger partial charge in [-0.05, 0) is 49.7 Å². The number of ether oxygens (including phenoxy) is 5. The molecule has 0 spiro atoms. The van der Waals surface area contributed by atoms with E-state index in [1.807, 2.05) is 6.92 Å². The number of fused-ring (bicyclic) bond motifs is 1. The van der Waals surface area contributed by atoms with E-state index in [1.54, 1.807) is 43.3 Å². The van der Waals surface area contributed by atoms with Crippen molar-refractivity contribution < 1.29 is 43.2 Å². The molecule has 0 aliphatic carbocycles. The van der Waals surface area contributed by atoms with E-state index in [9.17, 15) is 19.5 Å². The molecule has 2 aromatic carbocycles. The lowest BCUT2D eigenvalue weighted by molar-refractivity contribution is -0.132. The number of Topliss-reactive ketones (excluding diaryl/α,β-unsaturated/α-hetero) is 1. The minimum absolute atomic E-state index is 0.00245. The zero-order valence-corrected chi connectivity index (χ0v) is 24.0. The quantitative estimate of drug-likeness (QED) is 0.124. The summed E-state index contributed by atoms with van der Waals surface area (Å²) in [5.41, 5.74) is 0.841. The Morgan fingerprint density at radius 3 is 2.64 bits per heavy atom. The van der Waals surface area contributed by atoms with Gasteiger partial charge in [0.05, 0.1) is 31.0 Å². The van der Waals surface area contributed by atoms with Crippen LogP contribution in [0.15, 0.2) is 54.6 Å². The van der Waals surface area contributed by atoms with Crippen LogP contribution in [0.1, 0.15) is 39.5 Å². The highest BCUT2D eigenvalue weighted by Gasteiger charge is 2.48. The van der Waals surface area contributed by atoms with Gasteiger partial charge in [0.25, 0.3) is 5.78 Å². The van der Waals surface area contributed by atoms with E-state index >= 15 is 0 Å². The second-order valence-corrected chi connectivity index (χ2v) is 10.1. The van der Waals surface area contributed by atoms with Crippen LogP contribution in [0.25, 0.3) is 5.76 Å². The van der Waals surface area contributed by atoms with E-state index in [1.165, 1.54) is 18.1 Å². The van der Waals surface area contributed by atoms with E-state index in [2.05, 4.69) is 11.6 Å². The molecule has 1 N–H and O–H groups in total. The fourth-order valence-corrected chi connectivity index (χ4v) is 5.68. The fourth-order valence-electron chi connectivity index (χ4n) is 4.70. The predicted octanol–water partition coefficient (Wildman–Crippen LogP) is 4.60. The van der Waals surface area contributed by atoms with Gasteiger partial charge in [-0.2, -0.15) is 0 Å². The number of aromatic nitrogens is 1. The van der Waals surface area contributed by atoms with Gasteiger partial charge < -0.3 is 28.8 Å². The number of aliphatic hydroxyl groups excluding tert-OH is 1. The number of ketones is 1. The van der Waals surface area contributed by atoms with Gasteiger partial charge in [-0.1, -0.05) is 30.1 Å². The highest BCUT2D eigenvalue weighted by molar-refractivity contribution is 7.17. The van der Waals surface area contributed by atoms with Gasteiger partial charge in [0.15, 0.2) is 28.1 Å². The van der Waals surface area contributed by atoms with E-state index < -0.39 is 29.5 Å². The molecular formula is C30H28N2O9S. The first-order valence-electron chi connectivity index (χ1n) is 13.1. The minimum Gasteiger partial charge on any atom is -0.507 e. The molecule has 1 unspecified atom stereocenters. The first kappa shape index (κ1) is 28.7. The molecule has 1 aromatic heterocycles. The molecule has 42 heavy (non-hydrogen) atoms. The number of thiazole rings is 1. The van der Waals surface area contributed by atoms with Crippen LogP contribution in [0.3, 0.4) is 0 Å². The molecule has 0 bridgehead atoms. The second kappa shape index (κ2) is 12.0. The maximum absolute atomic E-state index is 13.6. The third kappa shape index (κ3) is 5.16. The summed E-state index contributed by atoms with van der Waals surface area (Å²) in [6, 6.07) is 8.60. The monoisotopic (exact) mass is 592 g/mol. The Balaban J connectivity index is 1.68. The Hall–Kier alpha value is -4.84. The number of nitrogens with zero attached hydrogens (tertiary/aromatic N) is 2. The maximum Gasteiger partial charge on any atom is 0.350 e. The van der Waals surface area contributed by atoms with Crippen molar-refractivity contribution in [3.8, 4) is 23.0 Å². The average molecular weight is 593 g/mol. The molecule has 2 aliphatic rings. The molecule has 1 amide bonds. The Morgan fingerprint density at radius 2 is 1.93 bits per heavy atom. The van der Waals surface area contributed by atoms with Crippen molar-refractivity contribution in [3.63, 3.8) is 0 Å². The van der Waals surface area contributed by atoms with Crippen LogP contribution in [0.4, 0.5) is 5.13 Å². The number of hydrogen-bond acceptors (Lipinski definition) is 11. The largest absolute Gasteiger partial charge is 0.507 e. The highest BCUT2D eigenvalue weighted by atomic mass is 32.1. The Bertz CT molecular complexity index is 1610. The van der Waals surface area contributed by atoms with Gasteiger partial charge in [0, 0.05) is 5.56 Å². The number of methoxy groups -OCH3 is 1. The zero-order chi connectivity index (χ0) is 30.0. The summed E-state index contributed by atoms with van der Waals surface area (Å²) < 4.78 is 27.6. The normalized spacial score (nSPS) is 17.2. The number of aliphatic hydroxyl groups is 1. The molecule has 5 rings (SSSR count). The van der Waals surface area contributed by atoms with Crippen LogP contribution in [0.2, 0.25) is 0 Å². The van der Waals surface area contributed by atoms with E-state index in [0.29, 0.717) is 54.1 Å². The molecule has 1 fully saturated rings.